The number of rotatable bonds is 5. The van der Waals surface area contributed by atoms with Gasteiger partial charge in [0.05, 0.1) is 24.9 Å². The molecule has 0 spiro atoms. The summed E-state index contributed by atoms with van der Waals surface area (Å²) in [4.78, 5) is 14.1. The van der Waals surface area contributed by atoms with Crippen molar-refractivity contribution >= 4 is 29.1 Å². The molecule has 0 saturated carbocycles. The second kappa shape index (κ2) is 7.11. The zero-order chi connectivity index (χ0) is 17.1. The summed E-state index contributed by atoms with van der Waals surface area (Å²) >= 11 is 1.06. The number of benzene rings is 1. The van der Waals surface area contributed by atoms with Crippen molar-refractivity contribution in [1.29, 1.82) is 0 Å². The summed E-state index contributed by atoms with van der Waals surface area (Å²) in [6.45, 7) is 2.77. The van der Waals surface area contributed by atoms with E-state index >= 15 is 0 Å². The molecule has 9 nitrogen and oxygen atoms in total. The molecule has 0 atom stereocenters. The number of hydrogen-bond donors (Lipinski definition) is 1. The molecule has 1 aromatic carbocycles. The van der Waals surface area contributed by atoms with Crippen molar-refractivity contribution < 1.29 is 23.7 Å². The molecule has 3 heterocycles. The summed E-state index contributed by atoms with van der Waals surface area (Å²) in [6.07, 6.45) is 0. The molecular weight excluding hydrogens is 348 g/mol. The van der Waals surface area contributed by atoms with Crippen molar-refractivity contribution in [3.63, 3.8) is 0 Å². The van der Waals surface area contributed by atoms with E-state index in [2.05, 4.69) is 14.1 Å². The van der Waals surface area contributed by atoms with E-state index < -0.39 is 0 Å². The highest BCUT2D eigenvalue weighted by Crippen LogP contribution is 2.34. The second-order valence-corrected chi connectivity index (χ2v) is 5.93. The van der Waals surface area contributed by atoms with E-state index in [0.29, 0.717) is 42.1 Å². The molecule has 0 bridgehead atoms. The van der Waals surface area contributed by atoms with Crippen molar-refractivity contribution in [3.05, 3.63) is 18.2 Å². The number of anilines is 2. The third kappa shape index (κ3) is 3.59. The van der Waals surface area contributed by atoms with E-state index in [1.807, 2.05) is 4.90 Å². The fourth-order valence-electron chi connectivity index (χ4n) is 2.54. The summed E-state index contributed by atoms with van der Waals surface area (Å²) in [5, 5.41) is 2.76. The van der Waals surface area contributed by atoms with Crippen LogP contribution in [0.3, 0.4) is 0 Å². The van der Waals surface area contributed by atoms with Crippen LogP contribution >= 0.6 is 11.7 Å². The molecule has 0 unspecified atom stereocenters. The minimum Gasteiger partial charge on any atom is -0.464 e. The molecule has 1 N–H and O–H groups in total. The Balaban J connectivity index is 1.34. The van der Waals surface area contributed by atoms with E-state index in [9.17, 15) is 4.79 Å². The molecule has 4 rings (SSSR count). The number of fused-ring (bicyclic) bond motifs is 1. The van der Waals surface area contributed by atoms with E-state index in [0.717, 1.165) is 24.8 Å². The normalized spacial score (nSPS) is 15.9. The van der Waals surface area contributed by atoms with Crippen LogP contribution in [0.2, 0.25) is 0 Å². The van der Waals surface area contributed by atoms with Crippen LogP contribution in [0.4, 0.5) is 11.5 Å². The molecule has 10 heteroatoms. The Labute approximate surface area is 147 Å². The van der Waals surface area contributed by atoms with Gasteiger partial charge in [0.1, 0.15) is 0 Å². The van der Waals surface area contributed by atoms with Crippen LogP contribution in [0.5, 0.6) is 17.4 Å². The van der Waals surface area contributed by atoms with Gasteiger partial charge in [-0.1, -0.05) is 0 Å². The van der Waals surface area contributed by atoms with Gasteiger partial charge in [0.15, 0.2) is 18.1 Å². The van der Waals surface area contributed by atoms with Gasteiger partial charge in [-0.2, -0.15) is 4.37 Å². The van der Waals surface area contributed by atoms with Gasteiger partial charge in [0, 0.05) is 24.8 Å². The Bertz CT molecular complexity index is 762. The molecule has 2 aromatic rings. The van der Waals surface area contributed by atoms with Crippen LogP contribution in [0, 0.1) is 0 Å². The fraction of sp³-hybridized carbons (Fsp3) is 0.400. The maximum absolute atomic E-state index is 12.1. The quantitative estimate of drug-likeness (QED) is 0.843. The monoisotopic (exact) mass is 364 g/mol. The lowest BCUT2D eigenvalue weighted by Gasteiger charge is -2.26. The first-order valence-corrected chi connectivity index (χ1v) is 8.50. The molecule has 1 amide bonds. The molecule has 25 heavy (non-hydrogen) atoms. The lowest BCUT2D eigenvalue weighted by atomic mass is 10.3. The zero-order valence-corrected chi connectivity index (χ0v) is 14.1. The molecule has 0 radical (unpaired) electrons. The minimum atomic E-state index is -0.292. The standard InChI is InChI=1S/C15H16N4O5S/c20-13(16-10-1-2-11-12(7-10)24-9-23-11)8-22-15-14(17-25-18-15)19-3-5-21-6-4-19/h1-2,7H,3-6,8-9H2,(H,16,20). The van der Waals surface area contributed by atoms with Crippen molar-refractivity contribution in [2.24, 2.45) is 0 Å². The fourth-order valence-corrected chi connectivity index (χ4v) is 3.06. The Morgan fingerprint density at radius 2 is 2.08 bits per heavy atom. The molecular formula is C15H16N4O5S. The van der Waals surface area contributed by atoms with Gasteiger partial charge < -0.3 is 29.2 Å². The third-order valence-corrected chi connectivity index (χ3v) is 4.25. The average molecular weight is 364 g/mol. The Hall–Kier alpha value is -2.59. The van der Waals surface area contributed by atoms with Gasteiger partial charge in [0.25, 0.3) is 11.8 Å². The largest absolute Gasteiger partial charge is 0.464 e. The van der Waals surface area contributed by atoms with Crippen molar-refractivity contribution in [2.75, 3.05) is 49.9 Å². The number of hydrogen-bond acceptors (Lipinski definition) is 9. The minimum absolute atomic E-state index is 0.156. The van der Waals surface area contributed by atoms with Gasteiger partial charge in [-0.25, -0.2) is 0 Å². The zero-order valence-electron chi connectivity index (χ0n) is 13.3. The summed E-state index contributed by atoms with van der Waals surface area (Å²) in [7, 11) is 0. The summed E-state index contributed by atoms with van der Waals surface area (Å²) < 4.78 is 29.8. The van der Waals surface area contributed by atoms with Crippen LogP contribution < -0.4 is 24.4 Å². The first kappa shape index (κ1) is 15.9. The predicted molar refractivity (Wildman–Crippen MR) is 89.6 cm³/mol. The van der Waals surface area contributed by atoms with Gasteiger partial charge in [-0.05, 0) is 12.1 Å². The number of carbonyl (C=O) groups is 1. The van der Waals surface area contributed by atoms with Crippen LogP contribution in [-0.2, 0) is 9.53 Å². The maximum atomic E-state index is 12.1. The molecule has 132 valence electrons. The molecule has 2 aliphatic rings. The number of morpholine rings is 1. The number of ether oxygens (including phenoxy) is 4. The lowest BCUT2D eigenvalue weighted by Crippen LogP contribution is -2.36. The summed E-state index contributed by atoms with van der Waals surface area (Å²) in [6, 6.07) is 5.21. The first-order chi connectivity index (χ1) is 12.3. The highest BCUT2D eigenvalue weighted by Gasteiger charge is 2.20. The third-order valence-electron chi connectivity index (χ3n) is 3.75. The molecule has 1 saturated heterocycles. The number of amides is 1. The van der Waals surface area contributed by atoms with E-state index in [1.54, 1.807) is 18.2 Å². The topological polar surface area (TPSA) is 95.0 Å². The number of nitrogens with zero attached hydrogens (tertiary/aromatic N) is 3. The summed E-state index contributed by atoms with van der Waals surface area (Å²) in [5.41, 5.74) is 0.614. The number of carbonyl (C=O) groups excluding carboxylic acids is 1. The maximum Gasteiger partial charge on any atom is 0.271 e. The van der Waals surface area contributed by atoms with E-state index in [-0.39, 0.29) is 19.3 Å². The van der Waals surface area contributed by atoms with Crippen LogP contribution in [0.25, 0.3) is 0 Å². The highest BCUT2D eigenvalue weighted by molar-refractivity contribution is 6.99. The average Bonchev–Trinajstić information content (AvgIpc) is 3.29. The highest BCUT2D eigenvalue weighted by atomic mass is 32.1. The Morgan fingerprint density at radius 3 is 2.96 bits per heavy atom. The lowest BCUT2D eigenvalue weighted by molar-refractivity contribution is -0.118. The molecule has 1 aromatic heterocycles. The van der Waals surface area contributed by atoms with Gasteiger partial charge >= 0.3 is 0 Å². The van der Waals surface area contributed by atoms with Crippen LogP contribution in [-0.4, -0.2) is 54.4 Å². The van der Waals surface area contributed by atoms with Crippen molar-refractivity contribution in [1.82, 2.24) is 8.75 Å². The second-order valence-electron chi connectivity index (χ2n) is 5.40. The van der Waals surface area contributed by atoms with Gasteiger partial charge in [-0.15, -0.1) is 4.37 Å². The van der Waals surface area contributed by atoms with Crippen LogP contribution in [0.1, 0.15) is 0 Å². The van der Waals surface area contributed by atoms with E-state index in [4.69, 9.17) is 18.9 Å². The smallest absolute Gasteiger partial charge is 0.271 e. The van der Waals surface area contributed by atoms with Crippen molar-refractivity contribution in [3.8, 4) is 17.4 Å². The molecule has 0 aliphatic carbocycles. The van der Waals surface area contributed by atoms with E-state index in [1.165, 1.54) is 0 Å². The molecule has 2 aliphatic heterocycles. The Kier molecular flexibility index (Phi) is 4.53. The number of nitrogens with one attached hydrogen (secondary N) is 1. The SMILES string of the molecule is O=C(COc1nsnc1N1CCOCC1)Nc1ccc2c(c1)OCO2. The van der Waals surface area contributed by atoms with Crippen LogP contribution in [0.15, 0.2) is 18.2 Å². The summed E-state index contributed by atoms with van der Waals surface area (Å²) in [5.74, 6) is 2.01. The predicted octanol–water partition coefficient (Wildman–Crippen LogP) is 1.12. The van der Waals surface area contributed by atoms with Gasteiger partial charge in [-0.3, -0.25) is 4.79 Å². The first-order valence-electron chi connectivity index (χ1n) is 7.77. The molecule has 1 fully saturated rings. The number of aromatic nitrogens is 2. The Morgan fingerprint density at radius 1 is 1.24 bits per heavy atom. The van der Waals surface area contributed by atoms with Gasteiger partial charge in [0.2, 0.25) is 12.6 Å². The van der Waals surface area contributed by atoms with Crippen molar-refractivity contribution in [2.45, 2.75) is 0 Å².